The summed E-state index contributed by atoms with van der Waals surface area (Å²) >= 11 is 0. The molecule has 0 aliphatic carbocycles. The lowest BCUT2D eigenvalue weighted by Crippen LogP contribution is -2.47. The number of hydrogen-bond acceptors (Lipinski definition) is 4. The molecule has 1 atom stereocenters. The highest BCUT2D eigenvalue weighted by Gasteiger charge is 2.44. The molecule has 0 bridgehead atoms. The van der Waals surface area contributed by atoms with Gasteiger partial charge in [0.25, 0.3) is 0 Å². The van der Waals surface area contributed by atoms with Crippen molar-refractivity contribution in [2.24, 2.45) is 0 Å². The van der Waals surface area contributed by atoms with Gasteiger partial charge in [-0.25, -0.2) is 0 Å². The second kappa shape index (κ2) is 11.3. The number of aliphatic carboxylic acids is 1. The summed E-state index contributed by atoms with van der Waals surface area (Å²) in [6.45, 7) is 19.5. The molecule has 0 amide bonds. The molecule has 1 rings (SSSR count). The van der Waals surface area contributed by atoms with E-state index < -0.39 is 25.8 Å². The van der Waals surface area contributed by atoms with Gasteiger partial charge in [-0.2, -0.15) is 0 Å². The molecular weight excluding hydrogens is 408 g/mol. The summed E-state index contributed by atoms with van der Waals surface area (Å²) < 4.78 is 11.9. The first-order valence-electron chi connectivity index (χ1n) is 11.4. The standard InChI is InChI=1S/C25H42O5Si/c1-17(2)31(18(3)4,19(5)6)29-16-20-10-12-21(13-11-20)22(24(27)28)14-15-23(26)30-25(7,8)9/h10-13,17-19,22H,14-16H2,1-9H3,(H,27,28). The number of carbonyl (C=O) groups is 2. The largest absolute Gasteiger partial charge is 0.481 e. The number of ether oxygens (including phenoxy) is 1. The van der Waals surface area contributed by atoms with Crippen molar-refractivity contribution in [3.8, 4) is 0 Å². The minimum atomic E-state index is -1.95. The Morgan fingerprint density at radius 3 is 1.81 bits per heavy atom. The van der Waals surface area contributed by atoms with Gasteiger partial charge in [-0.05, 0) is 54.9 Å². The van der Waals surface area contributed by atoms with Gasteiger partial charge in [0.2, 0.25) is 8.32 Å². The van der Waals surface area contributed by atoms with E-state index in [1.54, 1.807) is 20.8 Å². The molecule has 176 valence electrons. The Balaban J connectivity index is 2.88. The zero-order valence-electron chi connectivity index (χ0n) is 20.8. The Bertz CT molecular complexity index is 695. The van der Waals surface area contributed by atoms with Gasteiger partial charge >= 0.3 is 11.9 Å². The molecule has 0 fully saturated rings. The van der Waals surface area contributed by atoms with Crippen LogP contribution in [0.2, 0.25) is 16.6 Å². The molecule has 0 saturated carbocycles. The normalized spacial score (nSPS) is 13.7. The first-order valence-corrected chi connectivity index (χ1v) is 13.5. The molecule has 31 heavy (non-hydrogen) atoms. The Kier molecular flexibility index (Phi) is 9.96. The van der Waals surface area contributed by atoms with Crippen molar-refractivity contribution in [2.45, 2.75) is 110 Å². The SMILES string of the molecule is CC(C)[Si](OCc1ccc(C(CCC(=O)OC(C)(C)C)C(=O)O)cc1)(C(C)C)C(C)C. The van der Waals surface area contributed by atoms with Gasteiger partial charge in [0.05, 0.1) is 12.5 Å². The number of carboxylic acids is 1. The number of rotatable bonds is 11. The van der Waals surface area contributed by atoms with Crippen molar-refractivity contribution >= 4 is 20.3 Å². The summed E-state index contributed by atoms with van der Waals surface area (Å²) in [6, 6.07) is 7.57. The maximum Gasteiger partial charge on any atom is 0.310 e. The maximum atomic E-state index is 12.0. The molecule has 5 nitrogen and oxygen atoms in total. The molecule has 6 heteroatoms. The number of carbonyl (C=O) groups excluding carboxylic acids is 1. The molecule has 0 radical (unpaired) electrons. The van der Waals surface area contributed by atoms with E-state index in [-0.39, 0.29) is 18.8 Å². The summed E-state index contributed by atoms with van der Waals surface area (Å²) in [4.78, 5) is 23.8. The van der Waals surface area contributed by atoms with Crippen molar-refractivity contribution in [2.75, 3.05) is 0 Å². The summed E-state index contributed by atoms with van der Waals surface area (Å²) in [6.07, 6.45) is 0.286. The second-order valence-electron chi connectivity index (χ2n) is 10.4. The van der Waals surface area contributed by atoms with E-state index in [9.17, 15) is 14.7 Å². The van der Waals surface area contributed by atoms with Crippen LogP contribution in [0.25, 0.3) is 0 Å². The molecule has 1 aromatic carbocycles. The van der Waals surface area contributed by atoms with Gasteiger partial charge in [-0.1, -0.05) is 65.8 Å². The molecule has 0 aromatic heterocycles. The van der Waals surface area contributed by atoms with Crippen LogP contribution in [0.5, 0.6) is 0 Å². The molecule has 0 aliphatic heterocycles. The lowest BCUT2D eigenvalue weighted by Gasteiger charge is -2.42. The third-order valence-electron chi connectivity index (χ3n) is 5.93. The second-order valence-corrected chi connectivity index (χ2v) is 15.8. The van der Waals surface area contributed by atoms with Crippen molar-refractivity contribution < 1.29 is 23.9 Å². The number of carboxylic acid groups (broad SMARTS) is 1. The molecule has 0 aliphatic rings. The van der Waals surface area contributed by atoms with Crippen LogP contribution < -0.4 is 0 Å². The quantitative estimate of drug-likeness (QED) is 0.301. The van der Waals surface area contributed by atoms with Gasteiger partial charge < -0.3 is 14.3 Å². The van der Waals surface area contributed by atoms with Crippen LogP contribution >= 0.6 is 0 Å². The Hall–Kier alpha value is -1.66. The van der Waals surface area contributed by atoms with Crippen LogP contribution in [-0.2, 0) is 25.4 Å². The molecule has 0 spiro atoms. The number of benzene rings is 1. The fourth-order valence-electron chi connectivity index (χ4n) is 4.64. The van der Waals surface area contributed by atoms with Crippen LogP contribution in [0.3, 0.4) is 0 Å². The van der Waals surface area contributed by atoms with E-state index in [4.69, 9.17) is 9.16 Å². The lowest BCUT2D eigenvalue weighted by molar-refractivity contribution is -0.155. The number of hydrogen-bond donors (Lipinski definition) is 1. The van der Waals surface area contributed by atoms with Gasteiger partial charge in [-0.3, -0.25) is 9.59 Å². The fourth-order valence-corrected chi connectivity index (χ4v) is 10.1. The van der Waals surface area contributed by atoms with E-state index >= 15 is 0 Å². The predicted octanol–water partition coefficient (Wildman–Crippen LogP) is 6.67. The van der Waals surface area contributed by atoms with Crippen LogP contribution in [0, 0.1) is 0 Å². The average molecular weight is 451 g/mol. The van der Waals surface area contributed by atoms with E-state index in [1.165, 1.54) is 0 Å². The summed E-state index contributed by atoms with van der Waals surface area (Å²) in [7, 11) is -1.95. The zero-order chi connectivity index (χ0) is 24.0. The number of esters is 1. The van der Waals surface area contributed by atoms with Crippen LogP contribution in [-0.4, -0.2) is 31.0 Å². The molecule has 1 N–H and O–H groups in total. The first-order chi connectivity index (χ1) is 14.2. The van der Waals surface area contributed by atoms with Crippen molar-refractivity contribution in [3.05, 3.63) is 35.4 Å². The van der Waals surface area contributed by atoms with Gasteiger partial charge in [-0.15, -0.1) is 0 Å². The minimum absolute atomic E-state index is 0.0738. The van der Waals surface area contributed by atoms with Gasteiger partial charge in [0.15, 0.2) is 0 Å². The smallest absolute Gasteiger partial charge is 0.310 e. The monoisotopic (exact) mass is 450 g/mol. The third kappa shape index (κ3) is 7.76. The summed E-state index contributed by atoms with van der Waals surface area (Å²) in [5.74, 6) is -2.04. The van der Waals surface area contributed by atoms with E-state index in [0.29, 0.717) is 28.8 Å². The Morgan fingerprint density at radius 2 is 1.42 bits per heavy atom. The zero-order valence-corrected chi connectivity index (χ0v) is 21.8. The van der Waals surface area contributed by atoms with Crippen LogP contribution in [0.15, 0.2) is 24.3 Å². The van der Waals surface area contributed by atoms with Crippen LogP contribution in [0.4, 0.5) is 0 Å². The highest BCUT2D eigenvalue weighted by Crippen LogP contribution is 2.42. The molecule has 1 unspecified atom stereocenters. The van der Waals surface area contributed by atoms with Crippen molar-refractivity contribution in [1.29, 1.82) is 0 Å². The predicted molar refractivity (Wildman–Crippen MR) is 128 cm³/mol. The topological polar surface area (TPSA) is 72.8 Å². The van der Waals surface area contributed by atoms with Crippen LogP contribution in [0.1, 0.15) is 92.2 Å². The van der Waals surface area contributed by atoms with Crippen molar-refractivity contribution in [1.82, 2.24) is 0 Å². The highest BCUT2D eigenvalue weighted by atomic mass is 28.4. The first kappa shape index (κ1) is 27.4. The molecule has 0 saturated heterocycles. The lowest BCUT2D eigenvalue weighted by atomic mass is 9.93. The minimum Gasteiger partial charge on any atom is -0.481 e. The summed E-state index contributed by atoms with van der Waals surface area (Å²) in [5.41, 5.74) is 2.69. The highest BCUT2D eigenvalue weighted by molar-refractivity contribution is 6.77. The fraction of sp³-hybridized carbons (Fsp3) is 0.680. The van der Waals surface area contributed by atoms with Crippen molar-refractivity contribution in [3.63, 3.8) is 0 Å². The van der Waals surface area contributed by atoms with Gasteiger partial charge in [0.1, 0.15) is 5.60 Å². The van der Waals surface area contributed by atoms with E-state index in [2.05, 4.69) is 41.5 Å². The summed E-state index contributed by atoms with van der Waals surface area (Å²) in [5, 5.41) is 9.66. The van der Waals surface area contributed by atoms with E-state index in [0.717, 1.165) is 5.56 Å². The molecular formula is C25H42O5Si. The average Bonchev–Trinajstić information content (AvgIpc) is 2.60. The molecule has 0 heterocycles. The Labute approximate surface area is 189 Å². The third-order valence-corrected chi connectivity index (χ3v) is 12.0. The Morgan fingerprint density at radius 1 is 0.935 bits per heavy atom. The maximum absolute atomic E-state index is 12.0. The molecule has 1 aromatic rings. The van der Waals surface area contributed by atoms with Gasteiger partial charge in [0, 0.05) is 6.42 Å². The van der Waals surface area contributed by atoms with E-state index in [1.807, 2.05) is 24.3 Å².